The van der Waals surface area contributed by atoms with E-state index in [1.54, 1.807) is 4.68 Å². The molecule has 0 saturated carbocycles. The number of aromatic nitrogens is 2. The molecule has 0 aliphatic carbocycles. The maximum atomic E-state index is 12.2. The Morgan fingerprint density at radius 3 is 2.86 bits per heavy atom. The van der Waals surface area contributed by atoms with Crippen molar-refractivity contribution in [1.29, 1.82) is 0 Å². The van der Waals surface area contributed by atoms with Crippen LogP contribution in [0.25, 0.3) is 0 Å². The zero-order chi connectivity index (χ0) is 14.8. The average molecular weight is 288 g/mol. The molecular formula is C13H12N4O4. The highest BCUT2D eigenvalue weighted by atomic mass is 16.6. The normalized spacial score (nSPS) is 13.1. The zero-order valence-corrected chi connectivity index (χ0v) is 11.0. The van der Waals surface area contributed by atoms with Crippen molar-refractivity contribution in [3.63, 3.8) is 0 Å². The SMILES string of the molecule is O=C(Nc1ccc([N+](=O)[O-])cc1)c1cnn2c1OCCC2. The lowest BCUT2D eigenvalue weighted by molar-refractivity contribution is -0.384. The van der Waals surface area contributed by atoms with Crippen molar-refractivity contribution < 1.29 is 14.5 Å². The molecule has 0 unspecified atom stereocenters. The second kappa shape index (κ2) is 5.23. The molecule has 0 spiro atoms. The number of carbonyl (C=O) groups is 1. The van der Waals surface area contributed by atoms with Crippen molar-refractivity contribution in [2.45, 2.75) is 13.0 Å². The lowest BCUT2D eigenvalue weighted by Gasteiger charge is -2.15. The zero-order valence-electron chi connectivity index (χ0n) is 11.0. The van der Waals surface area contributed by atoms with E-state index in [1.807, 2.05) is 0 Å². The van der Waals surface area contributed by atoms with Gasteiger partial charge in [0.15, 0.2) is 0 Å². The molecule has 1 aliphatic heterocycles. The first-order valence-corrected chi connectivity index (χ1v) is 6.39. The molecule has 8 nitrogen and oxygen atoms in total. The summed E-state index contributed by atoms with van der Waals surface area (Å²) < 4.78 is 7.10. The predicted molar refractivity (Wildman–Crippen MR) is 73.4 cm³/mol. The number of rotatable bonds is 3. The van der Waals surface area contributed by atoms with Crippen LogP contribution in [0.1, 0.15) is 16.8 Å². The molecule has 21 heavy (non-hydrogen) atoms. The summed E-state index contributed by atoms with van der Waals surface area (Å²) in [6.45, 7) is 1.28. The number of aryl methyl sites for hydroxylation is 1. The van der Waals surface area contributed by atoms with Crippen molar-refractivity contribution in [3.05, 3.63) is 46.1 Å². The van der Waals surface area contributed by atoms with Gasteiger partial charge in [-0.25, -0.2) is 4.68 Å². The molecule has 0 saturated heterocycles. The third-order valence-electron chi connectivity index (χ3n) is 3.12. The standard InChI is InChI=1S/C13H12N4O4/c18-12(11-8-14-16-6-1-7-21-13(11)16)15-9-2-4-10(5-3-9)17(19)20/h2-5,8H,1,6-7H2,(H,15,18). The summed E-state index contributed by atoms with van der Waals surface area (Å²) in [7, 11) is 0. The molecule has 0 atom stereocenters. The number of hydrogen-bond donors (Lipinski definition) is 1. The molecule has 2 aromatic rings. The number of non-ortho nitro benzene ring substituents is 1. The maximum absolute atomic E-state index is 12.2. The van der Waals surface area contributed by atoms with Gasteiger partial charge >= 0.3 is 0 Å². The van der Waals surface area contributed by atoms with Crippen LogP contribution >= 0.6 is 0 Å². The van der Waals surface area contributed by atoms with Crippen molar-refractivity contribution in [1.82, 2.24) is 9.78 Å². The highest BCUT2D eigenvalue weighted by Gasteiger charge is 2.21. The van der Waals surface area contributed by atoms with Crippen molar-refractivity contribution in [2.24, 2.45) is 0 Å². The van der Waals surface area contributed by atoms with E-state index < -0.39 is 4.92 Å². The number of anilines is 1. The monoisotopic (exact) mass is 288 g/mol. The summed E-state index contributed by atoms with van der Waals surface area (Å²) in [6.07, 6.45) is 2.32. The fraction of sp³-hybridized carbons (Fsp3) is 0.231. The lowest BCUT2D eigenvalue weighted by atomic mass is 10.2. The van der Waals surface area contributed by atoms with Gasteiger partial charge in [0.25, 0.3) is 11.6 Å². The second-order valence-electron chi connectivity index (χ2n) is 4.55. The fourth-order valence-corrected chi connectivity index (χ4v) is 2.09. The minimum absolute atomic E-state index is 0.0285. The van der Waals surface area contributed by atoms with Crippen LogP contribution in [0.2, 0.25) is 0 Å². The summed E-state index contributed by atoms with van der Waals surface area (Å²) in [4.78, 5) is 22.3. The Morgan fingerprint density at radius 2 is 2.14 bits per heavy atom. The molecule has 8 heteroatoms. The first-order chi connectivity index (χ1) is 10.1. The fourth-order valence-electron chi connectivity index (χ4n) is 2.09. The van der Waals surface area contributed by atoms with Crippen LogP contribution in [0, 0.1) is 10.1 Å². The first-order valence-electron chi connectivity index (χ1n) is 6.39. The first kappa shape index (κ1) is 13.1. The Labute approximate surface area is 119 Å². The largest absolute Gasteiger partial charge is 0.477 e. The van der Waals surface area contributed by atoms with Crippen LogP contribution in [-0.4, -0.2) is 27.2 Å². The number of benzene rings is 1. The third-order valence-corrected chi connectivity index (χ3v) is 3.12. The van der Waals surface area contributed by atoms with E-state index in [2.05, 4.69) is 10.4 Å². The molecule has 108 valence electrons. The number of nitrogens with zero attached hydrogens (tertiary/aromatic N) is 3. The van der Waals surface area contributed by atoms with Gasteiger partial charge in [-0.15, -0.1) is 0 Å². The number of nitro groups is 1. The number of fused-ring (bicyclic) bond motifs is 1. The average Bonchev–Trinajstić information content (AvgIpc) is 2.92. The number of carbonyl (C=O) groups excluding carboxylic acids is 1. The molecular weight excluding hydrogens is 276 g/mol. The molecule has 3 rings (SSSR count). The summed E-state index contributed by atoms with van der Waals surface area (Å²) in [5.74, 6) is 0.104. The van der Waals surface area contributed by atoms with Crippen LogP contribution in [0.15, 0.2) is 30.5 Å². The van der Waals surface area contributed by atoms with E-state index in [9.17, 15) is 14.9 Å². The van der Waals surface area contributed by atoms with Crippen molar-refractivity contribution >= 4 is 17.3 Å². The van der Waals surface area contributed by atoms with Crippen molar-refractivity contribution in [3.8, 4) is 5.88 Å². The molecule has 0 fully saturated rings. The van der Waals surface area contributed by atoms with Crippen LogP contribution < -0.4 is 10.1 Å². The van der Waals surface area contributed by atoms with Gasteiger partial charge < -0.3 is 10.1 Å². The van der Waals surface area contributed by atoms with Gasteiger partial charge in [0, 0.05) is 30.8 Å². The molecule has 1 aromatic carbocycles. The number of nitro benzene ring substituents is 1. The van der Waals surface area contributed by atoms with E-state index in [0.717, 1.165) is 13.0 Å². The molecule has 1 aliphatic rings. The Bertz CT molecular complexity index is 693. The topological polar surface area (TPSA) is 99.3 Å². The molecule has 1 aromatic heterocycles. The minimum Gasteiger partial charge on any atom is -0.477 e. The number of ether oxygens (including phenoxy) is 1. The molecule has 1 N–H and O–H groups in total. The maximum Gasteiger partial charge on any atom is 0.269 e. The smallest absolute Gasteiger partial charge is 0.269 e. The number of amides is 1. The summed E-state index contributed by atoms with van der Waals surface area (Å²) >= 11 is 0. The quantitative estimate of drug-likeness (QED) is 0.686. The van der Waals surface area contributed by atoms with Crippen LogP contribution in [0.5, 0.6) is 5.88 Å². The highest BCUT2D eigenvalue weighted by Crippen LogP contribution is 2.23. The van der Waals surface area contributed by atoms with Gasteiger partial charge in [-0.05, 0) is 12.1 Å². The minimum atomic E-state index is -0.492. The Kier molecular flexibility index (Phi) is 3.27. The summed E-state index contributed by atoms with van der Waals surface area (Å²) in [6, 6.07) is 5.62. The third kappa shape index (κ3) is 2.55. The Hall–Kier alpha value is -2.90. The van der Waals surface area contributed by atoms with Gasteiger partial charge in [0.1, 0.15) is 5.56 Å². The van der Waals surface area contributed by atoms with Gasteiger partial charge in [0.05, 0.1) is 17.7 Å². The number of hydrogen-bond acceptors (Lipinski definition) is 5. The van der Waals surface area contributed by atoms with E-state index in [-0.39, 0.29) is 11.6 Å². The van der Waals surface area contributed by atoms with E-state index in [0.29, 0.717) is 23.7 Å². The lowest BCUT2D eigenvalue weighted by Crippen LogP contribution is -2.18. The predicted octanol–water partition coefficient (Wildman–Crippen LogP) is 1.83. The molecule has 0 bridgehead atoms. The van der Waals surface area contributed by atoms with Crippen molar-refractivity contribution in [2.75, 3.05) is 11.9 Å². The Balaban J connectivity index is 1.77. The van der Waals surface area contributed by atoms with Gasteiger partial charge in [0.2, 0.25) is 5.88 Å². The summed E-state index contributed by atoms with van der Waals surface area (Å²) in [5, 5.41) is 17.3. The number of nitrogens with one attached hydrogen (secondary N) is 1. The van der Waals surface area contributed by atoms with Crippen LogP contribution in [0.4, 0.5) is 11.4 Å². The second-order valence-corrected chi connectivity index (χ2v) is 4.55. The van der Waals surface area contributed by atoms with E-state index >= 15 is 0 Å². The van der Waals surface area contributed by atoms with Crippen LogP contribution in [-0.2, 0) is 6.54 Å². The molecule has 1 amide bonds. The van der Waals surface area contributed by atoms with Gasteiger partial charge in [-0.2, -0.15) is 5.10 Å². The van der Waals surface area contributed by atoms with E-state index in [1.165, 1.54) is 30.5 Å². The molecule has 0 radical (unpaired) electrons. The van der Waals surface area contributed by atoms with Crippen LogP contribution in [0.3, 0.4) is 0 Å². The Morgan fingerprint density at radius 1 is 1.38 bits per heavy atom. The van der Waals surface area contributed by atoms with Gasteiger partial charge in [-0.3, -0.25) is 14.9 Å². The van der Waals surface area contributed by atoms with Gasteiger partial charge in [-0.1, -0.05) is 0 Å². The molecule has 2 heterocycles. The highest BCUT2D eigenvalue weighted by molar-refractivity contribution is 6.05. The van der Waals surface area contributed by atoms with E-state index in [4.69, 9.17) is 4.74 Å². The summed E-state index contributed by atoms with van der Waals surface area (Å²) in [5.41, 5.74) is 0.800.